The number of hydrogen-bond acceptors (Lipinski definition) is 4. The van der Waals surface area contributed by atoms with Gasteiger partial charge in [0.05, 0.1) is 17.9 Å². The number of carbonyl (C=O) groups is 3. The van der Waals surface area contributed by atoms with E-state index >= 15 is 0 Å². The Morgan fingerprint density at radius 1 is 0.750 bits per heavy atom. The third-order valence-corrected chi connectivity index (χ3v) is 8.50. The SMILES string of the molecule is O=C1[C@@H]2[C@H](C(=O)[C@@H]3[C@H]1[C@@H]1C=C[C@H]3C1)[C@H]1C=Cc3ccccc3N1[C@@H]2C(=O)c1ccccc1. The van der Waals surface area contributed by atoms with Gasteiger partial charge in [-0.05, 0) is 29.9 Å². The molecule has 0 radical (unpaired) electrons. The highest BCUT2D eigenvalue weighted by Crippen LogP contribution is 2.58. The number of carbonyl (C=O) groups excluding carboxylic acids is 3. The summed E-state index contributed by atoms with van der Waals surface area (Å²) in [5.41, 5.74) is 2.56. The van der Waals surface area contributed by atoms with Crippen LogP contribution in [-0.2, 0) is 9.59 Å². The zero-order valence-corrected chi connectivity index (χ0v) is 17.5. The van der Waals surface area contributed by atoms with Gasteiger partial charge in [0.1, 0.15) is 17.6 Å². The monoisotopic (exact) mass is 421 g/mol. The predicted molar refractivity (Wildman–Crippen MR) is 121 cm³/mol. The third kappa shape index (κ3) is 2.20. The maximum absolute atomic E-state index is 14.0. The first-order valence-corrected chi connectivity index (χ1v) is 11.6. The smallest absolute Gasteiger partial charge is 0.186 e. The van der Waals surface area contributed by atoms with E-state index in [0.717, 1.165) is 17.7 Å². The Bertz CT molecular complexity index is 1230. The molecule has 1 saturated heterocycles. The first kappa shape index (κ1) is 18.3. The predicted octanol–water partition coefficient (Wildman–Crippen LogP) is 3.98. The molecule has 0 spiro atoms. The summed E-state index contributed by atoms with van der Waals surface area (Å²) >= 11 is 0. The van der Waals surface area contributed by atoms with E-state index in [1.807, 2.05) is 66.7 Å². The van der Waals surface area contributed by atoms with Crippen molar-refractivity contribution in [2.24, 2.45) is 35.5 Å². The van der Waals surface area contributed by atoms with Crippen molar-refractivity contribution in [2.45, 2.75) is 18.5 Å². The van der Waals surface area contributed by atoms with E-state index in [9.17, 15) is 14.4 Å². The van der Waals surface area contributed by atoms with Crippen LogP contribution in [0.15, 0.2) is 72.8 Å². The first-order valence-electron chi connectivity index (χ1n) is 11.6. The minimum atomic E-state index is -0.654. The van der Waals surface area contributed by atoms with Gasteiger partial charge in [-0.15, -0.1) is 0 Å². The summed E-state index contributed by atoms with van der Waals surface area (Å²) in [4.78, 5) is 44.0. The lowest BCUT2D eigenvalue weighted by Crippen LogP contribution is -2.52. The van der Waals surface area contributed by atoms with Gasteiger partial charge in [-0.3, -0.25) is 14.4 Å². The molecule has 32 heavy (non-hydrogen) atoms. The molecule has 7 rings (SSSR count). The van der Waals surface area contributed by atoms with Crippen LogP contribution >= 0.6 is 0 Å². The van der Waals surface area contributed by atoms with Gasteiger partial charge in [0.25, 0.3) is 0 Å². The lowest BCUT2D eigenvalue weighted by molar-refractivity contribution is -0.146. The Morgan fingerprint density at radius 2 is 1.41 bits per heavy atom. The van der Waals surface area contributed by atoms with E-state index < -0.39 is 17.9 Å². The van der Waals surface area contributed by atoms with Crippen LogP contribution in [0.1, 0.15) is 22.3 Å². The maximum Gasteiger partial charge on any atom is 0.186 e. The number of ketones is 3. The van der Waals surface area contributed by atoms with Gasteiger partial charge in [-0.1, -0.05) is 72.8 Å². The van der Waals surface area contributed by atoms with E-state index in [-0.39, 0.29) is 47.1 Å². The average molecular weight is 421 g/mol. The van der Waals surface area contributed by atoms with Crippen LogP contribution in [0.2, 0.25) is 0 Å². The van der Waals surface area contributed by atoms with Crippen molar-refractivity contribution in [3.63, 3.8) is 0 Å². The Balaban J connectivity index is 1.41. The lowest BCUT2D eigenvalue weighted by atomic mass is 9.61. The highest BCUT2D eigenvalue weighted by atomic mass is 16.2. The van der Waals surface area contributed by atoms with Crippen LogP contribution in [0.4, 0.5) is 5.69 Å². The van der Waals surface area contributed by atoms with E-state index in [4.69, 9.17) is 0 Å². The first-order chi connectivity index (χ1) is 15.6. The highest BCUT2D eigenvalue weighted by molar-refractivity contribution is 6.11. The maximum atomic E-state index is 14.0. The molecule has 158 valence electrons. The van der Waals surface area contributed by atoms with E-state index in [0.29, 0.717) is 5.56 Å². The van der Waals surface area contributed by atoms with Gasteiger partial charge < -0.3 is 4.90 Å². The Morgan fingerprint density at radius 3 is 2.16 bits per heavy atom. The molecule has 4 nitrogen and oxygen atoms in total. The Labute approximate surface area is 186 Å². The molecule has 2 saturated carbocycles. The Kier molecular flexibility index (Phi) is 3.65. The standard InChI is InChI=1S/C28H23NO3/c30-26(16-7-2-1-3-8-16)25-24-23(20-13-12-15-6-4-5-9-19(15)29(20)25)27(31)21-17-10-11-18(14-17)22(21)28(24)32/h1-13,17-18,20-25H,14H2/t17-,18+,20+,21-,22+,23+,24+,25-/m0/s1. The van der Waals surface area contributed by atoms with Gasteiger partial charge in [-0.25, -0.2) is 0 Å². The molecule has 8 atom stereocenters. The fraction of sp³-hybridized carbons (Fsp3) is 0.321. The summed E-state index contributed by atoms with van der Waals surface area (Å²) in [7, 11) is 0. The van der Waals surface area contributed by atoms with Crippen molar-refractivity contribution in [2.75, 3.05) is 4.90 Å². The minimum absolute atomic E-state index is 0.0634. The molecular formula is C28H23NO3. The van der Waals surface area contributed by atoms with Crippen LogP contribution in [0.5, 0.6) is 0 Å². The molecule has 2 aromatic rings. The molecule has 0 N–H and O–H groups in total. The zero-order valence-electron chi connectivity index (χ0n) is 17.5. The van der Waals surface area contributed by atoms with Gasteiger partial charge in [0.15, 0.2) is 5.78 Å². The van der Waals surface area contributed by atoms with Crippen LogP contribution in [0.25, 0.3) is 6.08 Å². The summed E-state index contributed by atoms with van der Waals surface area (Å²) in [6, 6.07) is 16.3. The number of Topliss-reactive ketones (excluding diaryl/α,β-unsaturated/α-hetero) is 3. The second-order valence-electron chi connectivity index (χ2n) is 9.85. The van der Waals surface area contributed by atoms with Crippen molar-refractivity contribution < 1.29 is 14.4 Å². The number of rotatable bonds is 2. The van der Waals surface area contributed by atoms with E-state index in [1.54, 1.807) is 0 Å². The number of hydrogen-bond donors (Lipinski definition) is 0. The molecule has 2 heterocycles. The van der Waals surface area contributed by atoms with Crippen LogP contribution in [-0.4, -0.2) is 29.4 Å². The molecule has 0 unspecified atom stereocenters. The highest BCUT2D eigenvalue weighted by Gasteiger charge is 2.67. The van der Waals surface area contributed by atoms with Crippen molar-refractivity contribution in [3.05, 3.63) is 84.0 Å². The number of anilines is 1. The molecule has 2 bridgehead atoms. The van der Waals surface area contributed by atoms with Crippen molar-refractivity contribution in [3.8, 4) is 0 Å². The number of fused-ring (bicyclic) bond motifs is 10. The summed E-state index contributed by atoms with van der Waals surface area (Å²) in [5, 5.41) is 0. The lowest BCUT2D eigenvalue weighted by Gasteiger charge is -2.38. The summed E-state index contributed by atoms with van der Waals surface area (Å²) in [6.07, 6.45) is 9.27. The quantitative estimate of drug-likeness (QED) is 0.544. The normalized spacial score (nSPS) is 37.8. The molecule has 3 aliphatic carbocycles. The molecule has 0 aromatic heterocycles. The van der Waals surface area contributed by atoms with Crippen molar-refractivity contribution in [1.29, 1.82) is 0 Å². The van der Waals surface area contributed by atoms with Gasteiger partial charge in [-0.2, -0.15) is 0 Å². The third-order valence-electron chi connectivity index (χ3n) is 8.50. The van der Waals surface area contributed by atoms with Gasteiger partial charge in [0, 0.05) is 23.1 Å². The molecule has 0 amide bonds. The Hall–Kier alpha value is -3.27. The largest absolute Gasteiger partial charge is 0.353 e. The van der Waals surface area contributed by atoms with Crippen molar-refractivity contribution in [1.82, 2.24) is 0 Å². The molecule has 5 aliphatic rings. The average Bonchev–Trinajstić information content (AvgIpc) is 3.54. The topological polar surface area (TPSA) is 54.5 Å². The second kappa shape index (κ2) is 6.38. The number of benzene rings is 2. The van der Waals surface area contributed by atoms with Crippen LogP contribution in [0.3, 0.4) is 0 Å². The molecule has 2 aromatic carbocycles. The van der Waals surface area contributed by atoms with E-state index in [2.05, 4.69) is 17.1 Å². The molecule has 3 fully saturated rings. The molecular weight excluding hydrogens is 398 g/mol. The second-order valence-corrected chi connectivity index (χ2v) is 9.85. The van der Waals surface area contributed by atoms with Crippen molar-refractivity contribution >= 4 is 29.1 Å². The molecule has 2 aliphatic heterocycles. The van der Waals surface area contributed by atoms with Gasteiger partial charge >= 0.3 is 0 Å². The minimum Gasteiger partial charge on any atom is -0.353 e. The number of allylic oxidation sites excluding steroid dienone is 2. The fourth-order valence-corrected chi connectivity index (χ4v) is 7.31. The fourth-order valence-electron chi connectivity index (χ4n) is 7.31. The van der Waals surface area contributed by atoms with Gasteiger partial charge in [0.2, 0.25) is 0 Å². The number of para-hydroxylation sites is 1. The van der Waals surface area contributed by atoms with Crippen LogP contribution in [0, 0.1) is 35.5 Å². The summed E-state index contributed by atoms with van der Waals surface area (Å²) in [6.45, 7) is 0. The van der Waals surface area contributed by atoms with Crippen LogP contribution < -0.4 is 4.90 Å². The van der Waals surface area contributed by atoms with E-state index in [1.165, 1.54) is 0 Å². The summed E-state index contributed by atoms with van der Waals surface area (Å²) in [5.74, 6) is -0.933. The summed E-state index contributed by atoms with van der Waals surface area (Å²) < 4.78 is 0. The number of nitrogens with zero attached hydrogens (tertiary/aromatic N) is 1. The molecule has 4 heteroatoms. The zero-order chi connectivity index (χ0) is 21.6.